The lowest BCUT2D eigenvalue weighted by molar-refractivity contribution is -0.121. The van der Waals surface area contributed by atoms with Gasteiger partial charge in [-0.2, -0.15) is 0 Å². The van der Waals surface area contributed by atoms with Gasteiger partial charge in [-0.3, -0.25) is 14.2 Å². The summed E-state index contributed by atoms with van der Waals surface area (Å²) in [6.45, 7) is 0.285. The van der Waals surface area contributed by atoms with Crippen molar-refractivity contribution in [1.82, 2.24) is 14.9 Å². The van der Waals surface area contributed by atoms with Gasteiger partial charge in [0.2, 0.25) is 5.91 Å². The van der Waals surface area contributed by atoms with Gasteiger partial charge in [-0.15, -0.1) is 0 Å². The van der Waals surface area contributed by atoms with Crippen LogP contribution in [0.2, 0.25) is 0 Å². The molecule has 1 aliphatic carbocycles. The molecule has 2 aromatic rings. The summed E-state index contributed by atoms with van der Waals surface area (Å²) >= 11 is 0. The molecule has 1 aliphatic rings. The number of esters is 1. The first-order valence-corrected chi connectivity index (χ1v) is 10.1. The number of carbonyl (C=O) groups excluding carboxylic acids is 2. The molecule has 156 valence electrons. The molecule has 1 heterocycles. The molecule has 2 N–H and O–H groups in total. The molecule has 0 unspecified atom stereocenters. The molecule has 1 aromatic carbocycles. The minimum Gasteiger partial charge on any atom is -0.465 e. The molecule has 0 spiro atoms. The molecule has 0 aliphatic heterocycles. The van der Waals surface area contributed by atoms with Crippen LogP contribution >= 0.6 is 0 Å². The van der Waals surface area contributed by atoms with Gasteiger partial charge in [0, 0.05) is 19.0 Å². The fourth-order valence-corrected chi connectivity index (χ4v) is 3.80. The van der Waals surface area contributed by atoms with Crippen molar-refractivity contribution in [1.29, 1.82) is 0 Å². The van der Waals surface area contributed by atoms with Crippen LogP contribution < -0.4 is 16.6 Å². The minimum atomic E-state index is -0.533. The molecule has 8 heteroatoms. The number of rotatable bonds is 8. The van der Waals surface area contributed by atoms with Gasteiger partial charge in [-0.25, -0.2) is 9.59 Å². The van der Waals surface area contributed by atoms with Crippen molar-refractivity contribution < 1.29 is 14.3 Å². The molecule has 1 saturated carbocycles. The second kappa shape index (κ2) is 9.54. The highest BCUT2D eigenvalue weighted by molar-refractivity contribution is 5.93. The number of benzene rings is 1. The van der Waals surface area contributed by atoms with Crippen LogP contribution in [-0.4, -0.2) is 34.6 Å². The van der Waals surface area contributed by atoms with Crippen LogP contribution in [0.3, 0.4) is 0 Å². The molecule has 0 bridgehead atoms. The predicted molar refractivity (Wildman–Crippen MR) is 109 cm³/mol. The third-order valence-electron chi connectivity index (χ3n) is 5.41. The highest BCUT2D eigenvalue weighted by atomic mass is 16.5. The van der Waals surface area contributed by atoms with Crippen LogP contribution in [-0.2, 0) is 16.1 Å². The number of ether oxygens (including phenoxy) is 1. The van der Waals surface area contributed by atoms with Crippen molar-refractivity contribution in [3.05, 3.63) is 44.6 Å². The number of aromatic amines is 1. The normalized spacial score (nSPS) is 14.2. The van der Waals surface area contributed by atoms with Crippen molar-refractivity contribution in [2.75, 3.05) is 7.11 Å². The molecule has 1 amide bonds. The molecule has 3 rings (SSSR count). The topological polar surface area (TPSA) is 110 Å². The maximum atomic E-state index is 12.6. The Balaban J connectivity index is 1.56. The Labute approximate surface area is 168 Å². The number of hydrogen-bond acceptors (Lipinski definition) is 5. The van der Waals surface area contributed by atoms with Crippen molar-refractivity contribution in [2.24, 2.45) is 0 Å². The van der Waals surface area contributed by atoms with Gasteiger partial charge in [-0.1, -0.05) is 19.3 Å². The molecular formula is C21H27N3O5. The monoisotopic (exact) mass is 401 g/mol. The summed E-state index contributed by atoms with van der Waals surface area (Å²) in [4.78, 5) is 51.1. The summed E-state index contributed by atoms with van der Waals surface area (Å²) in [5, 5.41) is 3.40. The number of fused-ring (bicyclic) bond motifs is 1. The average Bonchev–Trinajstić information content (AvgIpc) is 3.21. The molecule has 1 fully saturated rings. The van der Waals surface area contributed by atoms with E-state index in [1.807, 2.05) is 0 Å². The lowest BCUT2D eigenvalue weighted by Crippen LogP contribution is -2.35. The van der Waals surface area contributed by atoms with E-state index in [1.165, 1.54) is 42.7 Å². The van der Waals surface area contributed by atoms with Gasteiger partial charge in [0.1, 0.15) is 0 Å². The predicted octanol–water partition coefficient (Wildman–Crippen LogP) is 2.10. The summed E-state index contributed by atoms with van der Waals surface area (Å²) in [5.74, 6) is -0.451. The second-order valence-electron chi connectivity index (χ2n) is 7.50. The van der Waals surface area contributed by atoms with Crippen LogP contribution in [0.5, 0.6) is 0 Å². The molecule has 1 aromatic heterocycles. The summed E-state index contributed by atoms with van der Waals surface area (Å²) in [7, 11) is 1.27. The largest absolute Gasteiger partial charge is 0.465 e. The quantitative estimate of drug-likeness (QED) is 0.520. The van der Waals surface area contributed by atoms with Gasteiger partial charge in [-0.05, 0) is 43.9 Å². The Morgan fingerprint density at radius 2 is 1.93 bits per heavy atom. The summed E-state index contributed by atoms with van der Waals surface area (Å²) in [5.41, 5.74) is -0.325. The lowest BCUT2D eigenvalue weighted by Gasteiger charge is -2.11. The van der Waals surface area contributed by atoms with Crippen molar-refractivity contribution in [3.63, 3.8) is 0 Å². The van der Waals surface area contributed by atoms with E-state index in [2.05, 4.69) is 15.0 Å². The van der Waals surface area contributed by atoms with Gasteiger partial charge in [0.15, 0.2) is 0 Å². The first-order chi connectivity index (χ1) is 14.0. The fraction of sp³-hybridized carbons (Fsp3) is 0.524. The summed E-state index contributed by atoms with van der Waals surface area (Å²) in [6, 6.07) is 4.79. The highest BCUT2D eigenvalue weighted by Gasteiger charge is 2.16. The first kappa shape index (κ1) is 20.8. The Hall–Kier alpha value is -2.90. The summed E-state index contributed by atoms with van der Waals surface area (Å²) in [6.07, 6.45) is 7.08. The van der Waals surface area contributed by atoms with E-state index in [0.717, 1.165) is 25.7 Å². The molecule has 8 nitrogen and oxygen atoms in total. The Morgan fingerprint density at radius 3 is 2.66 bits per heavy atom. The van der Waals surface area contributed by atoms with Gasteiger partial charge >= 0.3 is 11.7 Å². The number of nitrogens with one attached hydrogen (secondary N) is 2. The zero-order chi connectivity index (χ0) is 20.8. The Bertz CT molecular complexity index is 1000. The smallest absolute Gasteiger partial charge is 0.337 e. The van der Waals surface area contributed by atoms with Gasteiger partial charge in [0.25, 0.3) is 5.56 Å². The van der Waals surface area contributed by atoms with E-state index >= 15 is 0 Å². The first-order valence-electron chi connectivity index (χ1n) is 10.1. The zero-order valence-electron chi connectivity index (χ0n) is 16.7. The second-order valence-corrected chi connectivity index (χ2v) is 7.50. The number of nitrogens with zero attached hydrogens (tertiary/aromatic N) is 1. The Morgan fingerprint density at radius 1 is 1.17 bits per heavy atom. The van der Waals surface area contributed by atoms with Crippen molar-refractivity contribution in [3.8, 4) is 0 Å². The van der Waals surface area contributed by atoms with Crippen LogP contribution in [0, 0.1) is 0 Å². The van der Waals surface area contributed by atoms with E-state index < -0.39 is 11.7 Å². The number of aromatic nitrogens is 2. The molecule has 29 heavy (non-hydrogen) atoms. The van der Waals surface area contributed by atoms with Crippen LogP contribution in [0.15, 0.2) is 27.8 Å². The van der Waals surface area contributed by atoms with Crippen molar-refractivity contribution in [2.45, 2.75) is 64.0 Å². The van der Waals surface area contributed by atoms with E-state index in [9.17, 15) is 19.2 Å². The van der Waals surface area contributed by atoms with Crippen molar-refractivity contribution >= 4 is 22.8 Å². The van der Waals surface area contributed by atoms with E-state index in [-0.39, 0.29) is 23.6 Å². The average molecular weight is 401 g/mol. The molecule has 0 saturated heterocycles. The van der Waals surface area contributed by atoms with Gasteiger partial charge in [0.05, 0.1) is 23.6 Å². The highest BCUT2D eigenvalue weighted by Crippen LogP contribution is 2.17. The molecular weight excluding hydrogens is 374 g/mol. The van der Waals surface area contributed by atoms with Gasteiger partial charge < -0.3 is 15.0 Å². The maximum Gasteiger partial charge on any atom is 0.337 e. The van der Waals surface area contributed by atoms with Crippen LogP contribution in [0.1, 0.15) is 61.7 Å². The third kappa shape index (κ3) is 5.13. The standard InChI is InChI=1S/C21H27N3O5/c1-29-20(27)14-10-11-16-17(13-14)23-21(28)24(19(16)26)12-6-2-3-9-18(25)22-15-7-4-5-8-15/h10-11,13,15H,2-9,12H2,1H3,(H,22,25)(H,23,28). The zero-order valence-corrected chi connectivity index (χ0v) is 16.7. The number of carbonyl (C=O) groups is 2. The third-order valence-corrected chi connectivity index (χ3v) is 5.41. The number of H-pyrrole nitrogens is 1. The lowest BCUT2D eigenvalue weighted by atomic mass is 10.1. The molecule has 0 atom stereocenters. The number of methoxy groups -OCH3 is 1. The number of hydrogen-bond donors (Lipinski definition) is 2. The van der Waals surface area contributed by atoms with E-state index in [1.54, 1.807) is 0 Å². The SMILES string of the molecule is COC(=O)c1ccc2c(=O)n(CCCCCC(=O)NC3CCCC3)c(=O)[nH]c2c1. The maximum absolute atomic E-state index is 12.6. The fourth-order valence-electron chi connectivity index (χ4n) is 3.80. The molecule has 0 radical (unpaired) electrons. The van der Waals surface area contributed by atoms with E-state index in [0.29, 0.717) is 29.8 Å². The number of amides is 1. The van der Waals surface area contributed by atoms with Crippen LogP contribution in [0.4, 0.5) is 0 Å². The van der Waals surface area contributed by atoms with Crippen LogP contribution in [0.25, 0.3) is 10.9 Å². The Kier molecular flexibility index (Phi) is 6.85. The summed E-state index contributed by atoms with van der Waals surface area (Å²) < 4.78 is 5.82. The van der Waals surface area contributed by atoms with E-state index in [4.69, 9.17) is 0 Å². The number of unbranched alkanes of at least 4 members (excludes halogenated alkanes) is 2. The minimum absolute atomic E-state index is 0.0824.